The second-order valence-corrected chi connectivity index (χ2v) is 5.73. The molecule has 0 amide bonds. The topological polar surface area (TPSA) is 45.6 Å². The molecular weight excluding hydrogens is 250 g/mol. The summed E-state index contributed by atoms with van der Waals surface area (Å²) in [5, 5.41) is 3.93. The van der Waals surface area contributed by atoms with Crippen LogP contribution in [0.3, 0.4) is 0 Å². The molecule has 1 fully saturated rings. The molecule has 4 heteroatoms. The van der Waals surface area contributed by atoms with E-state index in [1.165, 1.54) is 12.8 Å². The minimum absolute atomic E-state index is 0.456. The van der Waals surface area contributed by atoms with Gasteiger partial charge in [0.05, 0.1) is 11.2 Å². The van der Waals surface area contributed by atoms with Crippen LogP contribution in [0.2, 0.25) is 0 Å². The first-order valence-corrected chi connectivity index (χ1v) is 7.20. The molecule has 1 saturated heterocycles. The molecule has 0 N–H and O–H groups in total. The van der Waals surface area contributed by atoms with Gasteiger partial charge in [-0.3, -0.25) is 9.88 Å². The number of hydrogen-bond acceptors (Lipinski definition) is 4. The van der Waals surface area contributed by atoms with E-state index in [-0.39, 0.29) is 0 Å². The van der Waals surface area contributed by atoms with Crippen LogP contribution in [0.15, 0.2) is 35.5 Å². The van der Waals surface area contributed by atoms with Crippen LogP contribution < -0.4 is 0 Å². The number of benzene rings is 1. The summed E-state index contributed by atoms with van der Waals surface area (Å²) >= 11 is 0. The molecule has 104 valence electrons. The molecule has 1 aliphatic rings. The molecule has 0 radical (unpaired) electrons. The molecule has 20 heavy (non-hydrogen) atoms. The van der Waals surface area contributed by atoms with Crippen LogP contribution in [0.4, 0.5) is 5.69 Å². The zero-order valence-corrected chi connectivity index (χ0v) is 11.7. The summed E-state index contributed by atoms with van der Waals surface area (Å²) < 4.78 is 0. The van der Waals surface area contributed by atoms with Crippen LogP contribution >= 0.6 is 0 Å². The van der Waals surface area contributed by atoms with E-state index in [1.54, 1.807) is 12.1 Å². The van der Waals surface area contributed by atoms with E-state index >= 15 is 0 Å². The molecule has 2 heterocycles. The van der Waals surface area contributed by atoms with E-state index in [1.807, 2.05) is 12.1 Å². The largest absolute Gasteiger partial charge is 0.297 e. The lowest BCUT2D eigenvalue weighted by molar-refractivity contribution is 0.183. The van der Waals surface area contributed by atoms with Gasteiger partial charge in [0.2, 0.25) is 0 Å². The van der Waals surface area contributed by atoms with Gasteiger partial charge in [0.15, 0.2) is 0 Å². The quantitative estimate of drug-likeness (QED) is 0.795. The van der Waals surface area contributed by atoms with Crippen molar-refractivity contribution in [1.82, 2.24) is 9.88 Å². The van der Waals surface area contributed by atoms with E-state index in [9.17, 15) is 4.91 Å². The number of fused-ring (bicyclic) bond motifs is 1. The molecule has 0 bridgehead atoms. The highest BCUT2D eigenvalue weighted by atomic mass is 16.3. The second kappa shape index (κ2) is 5.67. The standard InChI is InChI=1S/C16H19N3O/c1-12-6-8-19(9-7-12)11-15-3-2-13-10-14(18-20)4-5-16(13)17-15/h2-5,10,12H,6-9,11H2,1H3. The monoisotopic (exact) mass is 269 g/mol. The number of piperidine rings is 1. The number of nitrogens with zero attached hydrogens (tertiary/aromatic N) is 3. The van der Waals surface area contributed by atoms with Crippen molar-refractivity contribution in [3.63, 3.8) is 0 Å². The van der Waals surface area contributed by atoms with Gasteiger partial charge in [-0.15, -0.1) is 4.91 Å². The molecular formula is C16H19N3O. The third kappa shape index (κ3) is 2.85. The highest BCUT2D eigenvalue weighted by molar-refractivity contribution is 5.81. The minimum atomic E-state index is 0.456. The Morgan fingerprint density at radius 2 is 2.05 bits per heavy atom. The lowest BCUT2D eigenvalue weighted by atomic mass is 9.99. The number of aromatic nitrogens is 1. The van der Waals surface area contributed by atoms with Gasteiger partial charge >= 0.3 is 0 Å². The number of pyridine rings is 1. The fraction of sp³-hybridized carbons (Fsp3) is 0.438. The van der Waals surface area contributed by atoms with Crippen molar-refractivity contribution in [2.24, 2.45) is 11.1 Å². The van der Waals surface area contributed by atoms with Gasteiger partial charge in [0.25, 0.3) is 0 Å². The molecule has 1 aliphatic heterocycles. The Morgan fingerprint density at radius 1 is 1.25 bits per heavy atom. The summed E-state index contributed by atoms with van der Waals surface area (Å²) in [5.41, 5.74) is 2.48. The molecule has 4 nitrogen and oxygen atoms in total. The molecule has 0 atom stereocenters. The van der Waals surface area contributed by atoms with Crippen molar-refractivity contribution in [2.45, 2.75) is 26.3 Å². The molecule has 0 unspecified atom stereocenters. The summed E-state index contributed by atoms with van der Waals surface area (Å²) in [4.78, 5) is 17.7. The number of likely N-dealkylation sites (tertiary alicyclic amines) is 1. The third-order valence-corrected chi connectivity index (χ3v) is 4.10. The van der Waals surface area contributed by atoms with Crippen LogP contribution in [-0.4, -0.2) is 23.0 Å². The summed E-state index contributed by atoms with van der Waals surface area (Å²) in [6.07, 6.45) is 2.56. The van der Waals surface area contributed by atoms with Crippen molar-refractivity contribution in [1.29, 1.82) is 0 Å². The molecule has 0 aliphatic carbocycles. The predicted octanol–water partition coefficient (Wildman–Crippen LogP) is 3.86. The Bertz CT molecular complexity index is 618. The maximum Gasteiger partial charge on any atom is 0.108 e. The SMILES string of the molecule is CC1CCN(Cc2ccc3cc(N=O)ccc3n2)CC1. The van der Waals surface area contributed by atoms with Crippen LogP contribution in [0.1, 0.15) is 25.5 Å². The highest BCUT2D eigenvalue weighted by Crippen LogP contribution is 2.22. The highest BCUT2D eigenvalue weighted by Gasteiger charge is 2.16. The summed E-state index contributed by atoms with van der Waals surface area (Å²) in [7, 11) is 0. The van der Waals surface area contributed by atoms with Crippen molar-refractivity contribution in [3.8, 4) is 0 Å². The number of nitroso groups, excluding NO2 is 1. The average molecular weight is 269 g/mol. The normalized spacial score (nSPS) is 17.4. The van der Waals surface area contributed by atoms with Crippen LogP contribution in [-0.2, 0) is 6.54 Å². The van der Waals surface area contributed by atoms with Crippen molar-refractivity contribution < 1.29 is 0 Å². The van der Waals surface area contributed by atoms with Gasteiger partial charge in [-0.25, -0.2) is 0 Å². The lowest BCUT2D eigenvalue weighted by Gasteiger charge is -2.29. The van der Waals surface area contributed by atoms with E-state index in [4.69, 9.17) is 0 Å². The number of rotatable bonds is 3. The average Bonchev–Trinajstić information content (AvgIpc) is 2.49. The fourth-order valence-electron chi connectivity index (χ4n) is 2.75. The molecule has 2 aromatic rings. The molecule has 0 spiro atoms. The smallest absolute Gasteiger partial charge is 0.108 e. The van der Waals surface area contributed by atoms with Crippen molar-refractivity contribution in [3.05, 3.63) is 40.9 Å². The zero-order valence-electron chi connectivity index (χ0n) is 11.7. The van der Waals surface area contributed by atoms with Crippen molar-refractivity contribution in [2.75, 3.05) is 13.1 Å². The first-order valence-electron chi connectivity index (χ1n) is 7.20. The first-order chi connectivity index (χ1) is 9.74. The number of hydrogen-bond donors (Lipinski definition) is 0. The van der Waals surface area contributed by atoms with Gasteiger partial charge in [-0.1, -0.05) is 13.0 Å². The van der Waals surface area contributed by atoms with E-state index in [0.717, 1.165) is 42.1 Å². The maximum absolute atomic E-state index is 10.5. The Kier molecular flexibility index (Phi) is 3.74. The van der Waals surface area contributed by atoms with Gasteiger partial charge < -0.3 is 0 Å². The van der Waals surface area contributed by atoms with Crippen LogP contribution in [0.5, 0.6) is 0 Å². The zero-order chi connectivity index (χ0) is 13.9. The molecule has 3 rings (SSSR count). The predicted molar refractivity (Wildman–Crippen MR) is 80.9 cm³/mol. The van der Waals surface area contributed by atoms with E-state index in [2.05, 4.69) is 28.1 Å². The van der Waals surface area contributed by atoms with E-state index in [0.29, 0.717) is 5.69 Å². The van der Waals surface area contributed by atoms with Gasteiger partial charge in [-0.2, -0.15) is 0 Å². The van der Waals surface area contributed by atoms with Gasteiger partial charge in [0, 0.05) is 11.9 Å². The molecule has 1 aromatic heterocycles. The summed E-state index contributed by atoms with van der Waals surface area (Å²) in [6, 6.07) is 9.44. The second-order valence-electron chi connectivity index (χ2n) is 5.73. The minimum Gasteiger partial charge on any atom is -0.297 e. The van der Waals surface area contributed by atoms with Crippen LogP contribution in [0, 0.1) is 10.8 Å². The lowest BCUT2D eigenvalue weighted by Crippen LogP contribution is -2.32. The molecule has 1 aromatic carbocycles. The Hall–Kier alpha value is -1.81. The third-order valence-electron chi connectivity index (χ3n) is 4.10. The summed E-state index contributed by atoms with van der Waals surface area (Å²) in [6.45, 7) is 5.56. The fourth-order valence-corrected chi connectivity index (χ4v) is 2.75. The maximum atomic E-state index is 10.5. The Balaban J connectivity index is 1.77. The Labute approximate surface area is 118 Å². The first kappa shape index (κ1) is 13.2. The summed E-state index contributed by atoms with van der Waals surface area (Å²) in [5.74, 6) is 0.852. The van der Waals surface area contributed by atoms with Crippen molar-refractivity contribution >= 4 is 16.6 Å². The van der Waals surface area contributed by atoms with Gasteiger partial charge in [-0.05, 0) is 61.3 Å². The van der Waals surface area contributed by atoms with Crippen LogP contribution in [0.25, 0.3) is 10.9 Å². The van der Waals surface area contributed by atoms with E-state index < -0.39 is 0 Å². The molecule has 0 saturated carbocycles. The Morgan fingerprint density at radius 3 is 2.80 bits per heavy atom. The van der Waals surface area contributed by atoms with Gasteiger partial charge in [0.1, 0.15) is 5.69 Å².